The minimum Gasteiger partial charge on any atom is -0.469 e. The zero-order valence-electron chi connectivity index (χ0n) is 7.20. The van der Waals surface area contributed by atoms with Crippen molar-refractivity contribution < 1.29 is 0 Å². The first-order valence-corrected chi connectivity index (χ1v) is 3.80. The lowest BCUT2D eigenvalue weighted by Crippen LogP contribution is -1.87. The Hall–Kier alpha value is -1.05. The number of hydrogen-bond acceptors (Lipinski definition) is 1. The van der Waals surface area contributed by atoms with Crippen LogP contribution in [-0.4, -0.2) is 12.0 Å². The van der Waals surface area contributed by atoms with Crippen molar-refractivity contribution in [2.75, 3.05) is 7.05 Å². The minimum absolute atomic E-state index is 0.549. The van der Waals surface area contributed by atoms with Crippen LogP contribution in [0.1, 0.15) is 25.3 Å². The fraction of sp³-hybridized carbons (Fsp3) is 0.444. The van der Waals surface area contributed by atoms with Crippen LogP contribution in [0.4, 0.5) is 5.82 Å². The quantitative estimate of drug-likeness (QED) is 0.635. The third-order valence-corrected chi connectivity index (χ3v) is 1.67. The molecule has 0 aliphatic heterocycles. The summed E-state index contributed by atoms with van der Waals surface area (Å²) in [6.45, 7) is 4.31. The van der Waals surface area contributed by atoms with Crippen LogP contribution in [0.3, 0.4) is 0 Å². The summed E-state index contributed by atoms with van der Waals surface area (Å²) in [5.41, 5.74) is 1.26. The van der Waals surface area contributed by atoms with E-state index in [1.54, 1.807) is 7.05 Å². The minimum atomic E-state index is 0.549. The van der Waals surface area contributed by atoms with Gasteiger partial charge in [-0.15, -0.1) is 0 Å². The highest BCUT2D eigenvalue weighted by Crippen LogP contribution is 2.17. The van der Waals surface area contributed by atoms with Gasteiger partial charge in [-0.1, -0.05) is 45.0 Å². The summed E-state index contributed by atoms with van der Waals surface area (Å²) >= 11 is 0. The molecule has 2 heteroatoms. The first kappa shape index (κ1) is 8.05. The van der Waals surface area contributed by atoms with Gasteiger partial charge < -0.3 is 10.3 Å². The molecule has 1 heterocycles. The summed E-state index contributed by atoms with van der Waals surface area (Å²) in [5, 5.41) is 3.96. The predicted octanol–water partition coefficient (Wildman–Crippen LogP) is 2.84. The molecule has 0 aliphatic rings. The Balaban J connectivity index is 2.83. The fourth-order valence-corrected chi connectivity index (χ4v) is 0.871. The van der Waals surface area contributed by atoms with Crippen LogP contribution < -0.4 is 0 Å². The molecule has 0 unspecified atom stereocenters. The fourth-order valence-electron chi connectivity index (χ4n) is 0.871. The molecule has 1 aromatic rings. The highest BCUT2D eigenvalue weighted by Gasteiger charge is 1.93. The maximum Gasteiger partial charge on any atom is -0.0222 e. The molecule has 2 nitrogen and oxygen atoms in total. The Labute approximate surface area is 67.7 Å². The van der Waals surface area contributed by atoms with E-state index in [9.17, 15) is 0 Å². The SMILES string of the molecule is C[N-]c1ccc(C(C)C)cn1. The van der Waals surface area contributed by atoms with Gasteiger partial charge in [-0.05, 0) is 11.5 Å². The normalized spacial score (nSPS) is 10.2. The molecular weight excluding hydrogens is 136 g/mol. The van der Waals surface area contributed by atoms with E-state index in [1.807, 2.05) is 12.3 Å². The lowest BCUT2D eigenvalue weighted by atomic mass is 10.1. The van der Waals surface area contributed by atoms with Crippen molar-refractivity contribution in [1.29, 1.82) is 0 Å². The molecule has 0 atom stereocenters. The standard InChI is InChI=1S/C9H13N2/c1-7(2)8-4-5-9(10-3)11-6-8/h4-7H,1-3H3/q-1. The van der Waals surface area contributed by atoms with Crippen molar-refractivity contribution >= 4 is 5.82 Å². The van der Waals surface area contributed by atoms with Gasteiger partial charge in [0.15, 0.2) is 0 Å². The second kappa shape index (κ2) is 3.37. The van der Waals surface area contributed by atoms with Crippen molar-refractivity contribution in [3.05, 3.63) is 29.2 Å². The monoisotopic (exact) mass is 149 g/mol. The highest BCUT2D eigenvalue weighted by atomic mass is 14.9. The first-order chi connectivity index (χ1) is 5.24. The Morgan fingerprint density at radius 1 is 1.36 bits per heavy atom. The van der Waals surface area contributed by atoms with Gasteiger partial charge in [-0.2, -0.15) is 0 Å². The molecule has 0 aliphatic carbocycles. The number of aromatic nitrogens is 1. The lowest BCUT2D eigenvalue weighted by Gasteiger charge is -2.12. The van der Waals surface area contributed by atoms with E-state index in [1.165, 1.54) is 5.56 Å². The molecule has 0 radical (unpaired) electrons. The Bertz CT molecular complexity index is 214. The van der Waals surface area contributed by atoms with E-state index in [2.05, 4.69) is 30.2 Å². The average Bonchev–Trinajstić information content (AvgIpc) is 2.05. The van der Waals surface area contributed by atoms with E-state index < -0.39 is 0 Å². The van der Waals surface area contributed by atoms with Crippen LogP contribution in [0.25, 0.3) is 5.32 Å². The largest absolute Gasteiger partial charge is 0.469 e. The van der Waals surface area contributed by atoms with Gasteiger partial charge in [-0.25, -0.2) is 0 Å². The van der Waals surface area contributed by atoms with Crippen molar-refractivity contribution in [3.8, 4) is 0 Å². The highest BCUT2D eigenvalue weighted by molar-refractivity contribution is 5.39. The number of hydrogen-bond donors (Lipinski definition) is 0. The second-order valence-electron chi connectivity index (χ2n) is 2.83. The molecule has 0 aromatic carbocycles. The van der Waals surface area contributed by atoms with Crippen molar-refractivity contribution in [3.63, 3.8) is 0 Å². The molecule has 0 fully saturated rings. The van der Waals surface area contributed by atoms with Crippen LogP contribution in [0.15, 0.2) is 18.3 Å². The van der Waals surface area contributed by atoms with E-state index >= 15 is 0 Å². The molecule has 0 bridgehead atoms. The summed E-state index contributed by atoms with van der Waals surface area (Å²) in [6.07, 6.45) is 1.88. The zero-order valence-corrected chi connectivity index (χ0v) is 7.20. The molecule has 0 amide bonds. The van der Waals surface area contributed by atoms with Gasteiger partial charge in [0.1, 0.15) is 0 Å². The van der Waals surface area contributed by atoms with Gasteiger partial charge >= 0.3 is 0 Å². The van der Waals surface area contributed by atoms with E-state index in [-0.39, 0.29) is 0 Å². The van der Waals surface area contributed by atoms with Crippen LogP contribution in [0.5, 0.6) is 0 Å². The van der Waals surface area contributed by atoms with Crippen LogP contribution in [0.2, 0.25) is 0 Å². The van der Waals surface area contributed by atoms with Crippen molar-refractivity contribution in [2.45, 2.75) is 19.8 Å². The van der Waals surface area contributed by atoms with Gasteiger partial charge in [0.2, 0.25) is 0 Å². The molecule has 1 rings (SSSR count). The third-order valence-electron chi connectivity index (χ3n) is 1.67. The topological polar surface area (TPSA) is 27.0 Å². The molecule has 0 N–H and O–H groups in total. The summed E-state index contributed by atoms with van der Waals surface area (Å²) in [4.78, 5) is 4.15. The van der Waals surface area contributed by atoms with Crippen LogP contribution in [-0.2, 0) is 0 Å². The molecule has 60 valence electrons. The molecular formula is C9H13N2-. The Morgan fingerprint density at radius 3 is 2.45 bits per heavy atom. The van der Waals surface area contributed by atoms with Crippen molar-refractivity contribution in [1.82, 2.24) is 4.98 Å². The smallest absolute Gasteiger partial charge is 0.0222 e. The third kappa shape index (κ3) is 1.93. The lowest BCUT2D eigenvalue weighted by molar-refractivity contribution is 0.859. The van der Waals surface area contributed by atoms with Gasteiger partial charge in [0.05, 0.1) is 0 Å². The molecule has 1 aromatic heterocycles. The maximum absolute atomic E-state index is 4.15. The molecule has 11 heavy (non-hydrogen) atoms. The second-order valence-corrected chi connectivity index (χ2v) is 2.83. The summed E-state index contributed by atoms with van der Waals surface area (Å²) < 4.78 is 0. The van der Waals surface area contributed by atoms with E-state index in [0.29, 0.717) is 5.92 Å². The predicted molar refractivity (Wildman–Crippen MR) is 47.3 cm³/mol. The van der Waals surface area contributed by atoms with Crippen LogP contribution >= 0.6 is 0 Å². The Morgan fingerprint density at radius 2 is 2.09 bits per heavy atom. The van der Waals surface area contributed by atoms with Crippen LogP contribution in [0, 0.1) is 0 Å². The summed E-state index contributed by atoms with van der Waals surface area (Å²) in [7, 11) is 1.75. The maximum atomic E-state index is 4.15. The number of rotatable bonds is 2. The van der Waals surface area contributed by atoms with Crippen molar-refractivity contribution in [2.24, 2.45) is 0 Å². The molecule has 0 spiro atoms. The van der Waals surface area contributed by atoms with Gasteiger partial charge in [0.25, 0.3) is 0 Å². The summed E-state index contributed by atoms with van der Waals surface area (Å²) in [6, 6.07) is 4.01. The number of nitrogens with zero attached hydrogens (tertiary/aromatic N) is 2. The first-order valence-electron chi connectivity index (χ1n) is 3.80. The van der Waals surface area contributed by atoms with Gasteiger partial charge in [-0.3, -0.25) is 0 Å². The molecule has 0 saturated heterocycles. The summed E-state index contributed by atoms with van der Waals surface area (Å²) in [5.74, 6) is 1.35. The molecule has 0 saturated carbocycles. The number of pyridine rings is 1. The van der Waals surface area contributed by atoms with E-state index in [0.717, 1.165) is 5.82 Å². The van der Waals surface area contributed by atoms with Gasteiger partial charge in [0, 0.05) is 0 Å². The Kier molecular flexibility index (Phi) is 2.47. The zero-order chi connectivity index (χ0) is 8.27. The average molecular weight is 149 g/mol. The van der Waals surface area contributed by atoms with E-state index in [4.69, 9.17) is 0 Å².